The van der Waals surface area contributed by atoms with Gasteiger partial charge in [-0.05, 0) is 32.0 Å². The van der Waals surface area contributed by atoms with Gasteiger partial charge >= 0.3 is 0 Å². The molecule has 0 spiro atoms. The van der Waals surface area contributed by atoms with Crippen LogP contribution in [0, 0.1) is 0 Å². The van der Waals surface area contributed by atoms with E-state index in [1.54, 1.807) is 32.0 Å². The molecule has 100 valence electrons. The topological polar surface area (TPSA) is 47.0 Å². The van der Waals surface area contributed by atoms with Gasteiger partial charge in [0.05, 0.1) is 5.25 Å². The van der Waals surface area contributed by atoms with Crippen LogP contribution in [-0.4, -0.2) is 18.7 Å². The van der Waals surface area contributed by atoms with Gasteiger partial charge in [-0.2, -0.15) is 0 Å². The van der Waals surface area contributed by atoms with Crippen LogP contribution in [0.25, 0.3) is 10.2 Å². The average Bonchev–Trinajstić information content (AvgIpc) is 2.74. The Kier molecular flexibility index (Phi) is 5.13. The molecule has 3 nitrogen and oxygen atoms in total. The highest BCUT2D eigenvalue weighted by atomic mass is 35.5. The fourth-order valence-electron chi connectivity index (χ4n) is 1.24. The third kappa shape index (κ3) is 3.02. The van der Waals surface area contributed by atoms with Gasteiger partial charge in [0.1, 0.15) is 14.2 Å². The molecule has 0 atom stereocenters. The summed E-state index contributed by atoms with van der Waals surface area (Å²) in [5.74, 6) is 0. The number of hydrogen-bond acceptors (Lipinski definition) is 4. The molecule has 0 saturated carbocycles. The van der Waals surface area contributed by atoms with Gasteiger partial charge in [0.15, 0.2) is 9.84 Å². The molecule has 2 heterocycles. The SMILES string of the molecule is CC.CC(C)S(=O)(=O)c1cc2ccc(Cl)nc2s1. The molecule has 0 fully saturated rings. The van der Waals surface area contributed by atoms with Crippen LogP contribution >= 0.6 is 22.9 Å². The summed E-state index contributed by atoms with van der Waals surface area (Å²) in [6, 6.07) is 5.08. The van der Waals surface area contributed by atoms with E-state index < -0.39 is 15.1 Å². The lowest BCUT2D eigenvalue weighted by atomic mass is 10.4. The number of thiophene rings is 1. The third-order valence-electron chi connectivity index (χ3n) is 2.23. The molecular formula is C12H16ClNO2S2. The second-order valence-electron chi connectivity index (χ2n) is 3.69. The molecule has 2 aromatic heterocycles. The number of aromatic nitrogens is 1. The van der Waals surface area contributed by atoms with Crippen molar-refractivity contribution in [3.8, 4) is 0 Å². The molecule has 0 aliphatic carbocycles. The molecular weight excluding hydrogens is 290 g/mol. The van der Waals surface area contributed by atoms with Crippen molar-refractivity contribution >= 4 is 43.0 Å². The van der Waals surface area contributed by atoms with Crippen molar-refractivity contribution in [1.82, 2.24) is 4.98 Å². The van der Waals surface area contributed by atoms with Crippen LogP contribution in [0.1, 0.15) is 27.7 Å². The zero-order chi connectivity index (χ0) is 13.9. The van der Waals surface area contributed by atoms with Gasteiger partial charge < -0.3 is 0 Å². The van der Waals surface area contributed by atoms with Crippen LogP contribution < -0.4 is 0 Å². The summed E-state index contributed by atoms with van der Waals surface area (Å²) in [7, 11) is -3.22. The molecule has 0 N–H and O–H groups in total. The van der Waals surface area contributed by atoms with E-state index in [-0.39, 0.29) is 0 Å². The Bertz CT molecular complexity index is 633. The fraction of sp³-hybridized carbons (Fsp3) is 0.417. The molecule has 0 aliphatic heterocycles. The van der Waals surface area contributed by atoms with Crippen molar-refractivity contribution in [3.05, 3.63) is 23.4 Å². The minimum absolute atomic E-state index is 0.354. The number of halogens is 1. The molecule has 0 saturated heterocycles. The number of nitrogens with zero attached hydrogens (tertiary/aromatic N) is 1. The van der Waals surface area contributed by atoms with E-state index in [1.165, 1.54) is 0 Å². The third-order valence-corrected chi connectivity index (χ3v) is 6.14. The number of rotatable bonds is 2. The van der Waals surface area contributed by atoms with E-state index in [1.807, 2.05) is 13.8 Å². The normalized spacial score (nSPS) is 11.4. The summed E-state index contributed by atoms with van der Waals surface area (Å²) < 4.78 is 24.2. The van der Waals surface area contributed by atoms with Crippen molar-refractivity contribution in [2.24, 2.45) is 0 Å². The molecule has 2 rings (SSSR count). The first kappa shape index (κ1) is 15.4. The fourth-order valence-corrected chi connectivity index (χ4v) is 4.24. The average molecular weight is 306 g/mol. The van der Waals surface area contributed by atoms with Crippen LogP contribution in [0.4, 0.5) is 0 Å². The molecule has 0 aromatic carbocycles. The van der Waals surface area contributed by atoms with Crippen molar-refractivity contribution < 1.29 is 8.42 Å². The number of sulfone groups is 1. The second kappa shape index (κ2) is 5.99. The predicted molar refractivity (Wildman–Crippen MR) is 78.3 cm³/mol. The van der Waals surface area contributed by atoms with Gasteiger partial charge in [0, 0.05) is 5.39 Å². The van der Waals surface area contributed by atoms with E-state index in [0.29, 0.717) is 14.2 Å². The van der Waals surface area contributed by atoms with Crippen LogP contribution in [-0.2, 0) is 9.84 Å². The maximum atomic E-state index is 11.9. The zero-order valence-corrected chi connectivity index (χ0v) is 13.2. The summed E-state index contributed by atoms with van der Waals surface area (Å²) in [6.45, 7) is 7.33. The van der Waals surface area contributed by atoms with Gasteiger partial charge in [-0.15, -0.1) is 11.3 Å². The number of hydrogen-bond donors (Lipinski definition) is 0. The van der Waals surface area contributed by atoms with Crippen LogP contribution in [0.3, 0.4) is 0 Å². The van der Waals surface area contributed by atoms with Gasteiger partial charge in [-0.25, -0.2) is 13.4 Å². The molecule has 6 heteroatoms. The smallest absolute Gasteiger partial charge is 0.190 e. The molecule has 0 unspecified atom stereocenters. The maximum Gasteiger partial charge on any atom is 0.190 e. The summed E-state index contributed by atoms with van der Waals surface area (Å²) in [5.41, 5.74) is 0. The Morgan fingerprint density at radius 1 is 1.28 bits per heavy atom. The monoisotopic (exact) mass is 305 g/mol. The molecule has 0 radical (unpaired) electrons. The Morgan fingerprint density at radius 2 is 1.89 bits per heavy atom. The number of fused-ring (bicyclic) bond motifs is 1. The lowest BCUT2D eigenvalue weighted by Crippen LogP contribution is -2.12. The highest BCUT2D eigenvalue weighted by molar-refractivity contribution is 7.94. The minimum atomic E-state index is -3.22. The van der Waals surface area contributed by atoms with Crippen molar-refractivity contribution in [2.45, 2.75) is 37.2 Å². The van der Waals surface area contributed by atoms with Crippen LogP contribution in [0.5, 0.6) is 0 Å². The van der Waals surface area contributed by atoms with Crippen molar-refractivity contribution in [2.75, 3.05) is 0 Å². The zero-order valence-electron chi connectivity index (χ0n) is 10.8. The first-order valence-corrected chi connectivity index (χ1v) is 8.45. The lowest BCUT2D eigenvalue weighted by Gasteiger charge is -2.03. The molecule has 0 bridgehead atoms. The summed E-state index contributed by atoms with van der Waals surface area (Å²) in [4.78, 5) is 4.75. The van der Waals surface area contributed by atoms with Crippen LogP contribution in [0.2, 0.25) is 5.15 Å². The summed E-state index contributed by atoms with van der Waals surface area (Å²) in [5, 5.41) is 0.771. The Labute approximate surface area is 117 Å². The maximum absolute atomic E-state index is 11.9. The highest BCUT2D eigenvalue weighted by Crippen LogP contribution is 2.30. The van der Waals surface area contributed by atoms with E-state index in [2.05, 4.69) is 4.98 Å². The first-order valence-electron chi connectivity index (χ1n) is 5.71. The summed E-state index contributed by atoms with van der Waals surface area (Å²) in [6.07, 6.45) is 0. The summed E-state index contributed by atoms with van der Waals surface area (Å²) >= 11 is 6.91. The Hall–Kier alpha value is -0.650. The molecule has 2 aromatic rings. The van der Waals surface area contributed by atoms with Crippen LogP contribution in [0.15, 0.2) is 22.4 Å². The molecule has 0 amide bonds. The predicted octanol–water partition coefficient (Wildman–Crippen LogP) is 4.16. The van der Waals surface area contributed by atoms with E-state index in [4.69, 9.17) is 11.6 Å². The largest absolute Gasteiger partial charge is 0.225 e. The van der Waals surface area contributed by atoms with Crippen molar-refractivity contribution in [1.29, 1.82) is 0 Å². The van der Waals surface area contributed by atoms with Gasteiger partial charge in [-0.3, -0.25) is 0 Å². The van der Waals surface area contributed by atoms with Gasteiger partial charge in [0.25, 0.3) is 0 Å². The minimum Gasteiger partial charge on any atom is -0.225 e. The number of pyridine rings is 1. The van der Waals surface area contributed by atoms with E-state index in [0.717, 1.165) is 16.7 Å². The second-order valence-corrected chi connectivity index (χ2v) is 7.84. The van der Waals surface area contributed by atoms with E-state index in [9.17, 15) is 8.42 Å². The first-order chi connectivity index (χ1) is 8.41. The van der Waals surface area contributed by atoms with Gasteiger partial charge in [-0.1, -0.05) is 25.4 Å². The molecule has 0 aliphatic rings. The van der Waals surface area contributed by atoms with Crippen molar-refractivity contribution in [3.63, 3.8) is 0 Å². The van der Waals surface area contributed by atoms with E-state index >= 15 is 0 Å². The lowest BCUT2D eigenvalue weighted by molar-refractivity contribution is 0.589. The highest BCUT2D eigenvalue weighted by Gasteiger charge is 2.22. The quantitative estimate of drug-likeness (QED) is 0.783. The molecule has 18 heavy (non-hydrogen) atoms. The Balaban J connectivity index is 0.000000771. The standard InChI is InChI=1S/C10H10ClNO2S2.C2H6/c1-6(2)16(13,14)9-5-7-3-4-8(11)12-10(7)15-9;1-2/h3-6H,1-2H3;1-2H3. The Morgan fingerprint density at radius 3 is 2.44 bits per heavy atom. The van der Waals surface area contributed by atoms with Gasteiger partial charge in [0.2, 0.25) is 0 Å².